The van der Waals surface area contributed by atoms with Crippen LogP contribution in [-0.2, 0) is 6.61 Å². The summed E-state index contributed by atoms with van der Waals surface area (Å²) < 4.78 is 18.7. The van der Waals surface area contributed by atoms with Crippen molar-refractivity contribution in [3.05, 3.63) is 64.4 Å². The maximum atomic E-state index is 13.1. The van der Waals surface area contributed by atoms with E-state index in [0.29, 0.717) is 17.4 Å². The van der Waals surface area contributed by atoms with Crippen LogP contribution in [0.5, 0.6) is 5.75 Å². The molecular formula is C15H15ClFNO. The summed E-state index contributed by atoms with van der Waals surface area (Å²) in [5.41, 5.74) is 7.48. The van der Waals surface area contributed by atoms with E-state index in [1.807, 2.05) is 13.0 Å². The van der Waals surface area contributed by atoms with E-state index in [9.17, 15) is 4.39 Å². The van der Waals surface area contributed by atoms with Gasteiger partial charge in [-0.1, -0.05) is 23.7 Å². The maximum Gasteiger partial charge on any atom is 0.124 e. The van der Waals surface area contributed by atoms with Gasteiger partial charge in [-0.3, -0.25) is 0 Å². The average molecular weight is 280 g/mol. The van der Waals surface area contributed by atoms with E-state index in [2.05, 4.69) is 0 Å². The molecule has 0 bridgehead atoms. The average Bonchev–Trinajstić information content (AvgIpc) is 2.37. The lowest BCUT2D eigenvalue weighted by Crippen LogP contribution is -2.08. The number of nitrogens with two attached hydrogens (primary N) is 1. The zero-order chi connectivity index (χ0) is 13.8. The van der Waals surface area contributed by atoms with Crippen LogP contribution < -0.4 is 10.5 Å². The number of hydrogen-bond donors (Lipinski definition) is 1. The fourth-order valence-corrected chi connectivity index (χ4v) is 1.97. The molecule has 0 spiro atoms. The standard InChI is InChI=1S/C15H15ClFNO/c1-10(18)14-8-12(16)5-6-15(14)19-9-11-3-2-4-13(17)7-11/h2-8,10H,9,18H2,1H3/t10-/m1/s1. The maximum absolute atomic E-state index is 13.1. The van der Waals surface area contributed by atoms with E-state index >= 15 is 0 Å². The monoisotopic (exact) mass is 279 g/mol. The first kappa shape index (κ1) is 13.8. The predicted octanol–water partition coefficient (Wildman–Crippen LogP) is 4.08. The molecule has 0 aromatic heterocycles. The molecule has 0 amide bonds. The van der Waals surface area contributed by atoms with Crippen LogP contribution in [0, 0.1) is 5.82 Å². The summed E-state index contributed by atoms with van der Waals surface area (Å²) in [6, 6.07) is 11.4. The van der Waals surface area contributed by atoms with E-state index < -0.39 is 0 Å². The highest BCUT2D eigenvalue weighted by Gasteiger charge is 2.09. The van der Waals surface area contributed by atoms with Crippen molar-refractivity contribution in [1.82, 2.24) is 0 Å². The van der Waals surface area contributed by atoms with Crippen LogP contribution in [0.15, 0.2) is 42.5 Å². The highest BCUT2D eigenvalue weighted by Crippen LogP contribution is 2.27. The molecule has 2 N–H and O–H groups in total. The van der Waals surface area contributed by atoms with Crippen molar-refractivity contribution < 1.29 is 9.13 Å². The van der Waals surface area contributed by atoms with E-state index in [0.717, 1.165) is 11.1 Å². The number of rotatable bonds is 4. The summed E-state index contributed by atoms with van der Waals surface area (Å²) in [6.07, 6.45) is 0. The Balaban J connectivity index is 2.15. The molecule has 0 aliphatic rings. The molecule has 0 radical (unpaired) electrons. The highest BCUT2D eigenvalue weighted by atomic mass is 35.5. The first-order valence-electron chi connectivity index (χ1n) is 5.98. The van der Waals surface area contributed by atoms with Crippen LogP contribution in [0.25, 0.3) is 0 Å². The first-order chi connectivity index (χ1) is 9.06. The normalized spacial score (nSPS) is 12.2. The van der Waals surface area contributed by atoms with E-state index in [-0.39, 0.29) is 11.9 Å². The van der Waals surface area contributed by atoms with E-state index in [1.54, 1.807) is 24.3 Å². The predicted molar refractivity (Wildman–Crippen MR) is 74.8 cm³/mol. The molecule has 4 heteroatoms. The molecule has 19 heavy (non-hydrogen) atoms. The lowest BCUT2D eigenvalue weighted by molar-refractivity contribution is 0.301. The molecule has 100 valence electrons. The largest absolute Gasteiger partial charge is 0.489 e. The van der Waals surface area contributed by atoms with Crippen molar-refractivity contribution in [2.24, 2.45) is 5.73 Å². The van der Waals surface area contributed by atoms with Gasteiger partial charge in [-0.05, 0) is 42.8 Å². The Bertz CT molecular complexity index is 572. The Hall–Kier alpha value is -1.58. The van der Waals surface area contributed by atoms with Gasteiger partial charge in [-0.2, -0.15) is 0 Å². The zero-order valence-electron chi connectivity index (χ0n) is 10.6. The molecule has 2 nitrogen and oxygen atoms in total. The molecule has 0 fully saturated rings. The van der Waals surface area contributed by atoms with Gasteiger partial charge in [-0.25, -0.2) is 4.39 Å². The quantitative estimate of drug-likeness (QED) is 0.915. The Morgan fingerprint density at radius 3 is 2.74 bits per heavy atom. The van der Waals surface area contributed by atoms with Gasteiger partial charge in [0.05, 0.1) is 0 Å². The Kier molecular flexibility index (Phi) is 4.40. The minimum absolute atomic E-state index is 0.179. The van der Waals surface area contributed by atoms with Gasteiger partial charge < -0.3 is 10.5 Å². The number of benzene rings is 2. The molecule has 2 aromatic carbocycles. The molecule has 2 rings (SSSR count). The Morgan fingerprint density at radius 2 is 2.05 bits per heavy atom. The molecule has 0 aliphatic heterocycles. The highest BCUT2D eigenvalue weighted by molar-refractivity contribution is 6.30. The van der Waals surface area contributed by atoms with Crippen LogP contribution in [0.4, 0.5) is 4.39 Å². The Morgan fingerprint density at radius 1 is 1.26 bits per heavy atom. The van der Waals surface area contributed by atoms with Crippen molar-refractivity contribution >= 4 is 11.6 Å². The second-order valence-corrected chi connectivity index (χ2v) is 4.83. The van der Waals surface area contributed by atoms with Crippen LogP contribution in [0.2, 0.25) is 5.02 Å². The summed E-state index contributed by atoms with van der Waals surface area (Å²) in [4.78, 5) is 0. The van der Waals surface area contributed by atoms with Gasteiger partial charge in [0.1, 0.15) is 18.2 Å². The summed E-state index contributed by atoms with van der Waals surface area (Å²) in [5.74, 6) is 0.397. The second kappa shape index (κ2) is 6.04. The minimum atomic E-state index is -0.273. The molecule has 0 unspecified atom stereocenters. The third-order valence-corrected chi connectivity index (χ3v) is 2.98. The van der Waals surface area contributed by atoms with E-state index in [1.165, 1.54) is 12.1 Å². The second-order valence-electron chi connectivity index (χ2n) is 4.39. The molecule has 2 aromatic rings. The lowest BCUT2D eigenvalue weighted by atomic mass is 10.1. The van der Waals surface area contributed by atoms with E-state index in [4.69, 9.17) is 22.1 Å². The van der Waals surface area contributed by atoms with Gasteiger partial charge in [0.15, 0.2) is 0 Å². The van der Waals surface area contributed by atoms with Gasteiger partial charge in [0.25, 0.3) is 0 Å². The molecule has 0 aliphatic carbocycles. The zero-order valence-corrected chi connectivity index (χ0v) is 11.3. The Labute approximate surface area is 117 Å². The third-order valence-electron chi connectivity index (χ3n) is 2.75. The first-order valence-corrected chi connectivity index (χ1v) is 6.36. The minimum Gasteiger partial charge on any atom is -0.489 e. The molecule has 1 atom stereocenters. The third kappa shape index (κ3) is 3.69. The van der Waals surface area contributed by atoms with Crippen LogP contribution in [-0.4, -0.2) is 0 Å². The van der Waals surface area contributed by atoms with Crippen molar-refractivity contribution in [3.63, 3.8) is 0 Å². The van der Waals surface area contributed by atoms with Crippen molar-refractivity contribution in [1.29, 1.82) is 0 Å². The molecule has 0 saturated heterocycles. The summed E-state index contributed by atoms with van der Waals surface area (Å²) >= 11 is 5.94. The fourth-order valence-electron chi connectivity index (χ4n) is 1.79. The van der Waals surface area contributed by atoms with Crippen molar-refractivity contribution in [3.8, 4) is 5.75 Å². The van der Waals surface area contributed by atoms with Gasteiger partial charge in [-0.15, -0.1) is 0 Å². The SMILES string of the molecule is C[C@@H](N)c1cc(Cl)ccc1OCc1cccc(F)c1. The summed E-state index contributed by atoms with van der Waals surface area (Å²) in [5, 5.41) is 0.616. The van der Waals surface area contributed by atoms with Gasteiger partial charge in [0.2, 0.25) is 0 Å². The molecular weight excluding hydrogens is 265 g/mol. The van der Waals surface area contributed by atoms with Crippen LogP contribution >= 0.6 is 11.6 Å². The van der Waals surface area contributed by atoms with Crippen LogP contribution in [0.3, 0.4) is 0 Å². The fraction of sp³-hybridized carbons (Fsp3) is 0.200. The molecule has 0 saturated carbocycles. The summed E-state index contributed by atoms with van der Waals surface area (Å²) in [6.45, 7) is 2.15. The van der Waals surface area contributed by atoms with Gasteiger partial charge >= 0.3 is 0 Å². The lowest BCUT2D eigenvalue weighted by Gasteiger charge is -2.14. The van der Waals surface area contributed by atoms with Crippen molar-refractivity contribution in [2.75, 3.05) is 0 Å². The summed E-state index contributed by atoms with van der Waals surface area (Å²) in [7, 11) is 0. The van der Waals surface area contributed by atoms with Crippen molar-refractivity contribution in [2.45, 2.75) is 19.6 Å². The number of halogens is 2. The number of hydrogen-bond acceptors (Lipinski definition) is 2. The number of ether oxygens (including phenoxy) is 1. The molecule has 0 heterocycles. The topological polar surface area (TPSA) is 35.2 Å². The van der Waals surface area contributed by atoms with Crippen LogP contribution in [0.1, 0.15) is 24.1 Å². The van der Waals surface area contributed by atoms with Gasteiger partial charge in [0, 0.05) is 16.6 Å². The smallest absolute Gasteiger partial charge is 0.124 e.